The molecule has 1 unspecified atom stereocenters. The maximum Gasteiger partial charge on any atom is 0.268 e. The number of amides is 2. The maximum absolute atomic E-state index is 12.7. The van der Waals surface area contributed by atoms with Crippen LogP contribution in [-0.2, 0) is 9.59 Å². The van der Waals surface area contributed by atoms with Crippen LogP contribution in [0.25, 0.3) is 6.08 Å². The van der Waals surface area contributed by atoms with Gasteiger partial charge in [-0.15, -0.1) is 0 Å². The van der Waals surface area contributed by atoms with Gasteiger partial charge in [0.2, 0.25) is 5.91 Å². The number of nitrogens with one attached hydrogen (secondary N) is 2. The molecule has 6 nitrogen and oxygen atoms in total. The van der Waals surface area contributed by atoms with E-state index in [9.17, 15) is 9.59 Å². The number of benzene rings is 2. The molecule has 27 heavy (non-hydrogen) atoms. The Labute approximate surface area is 159 Å². The minimum Gasteiger partial charge on any atom is -0.493 e. The smallest absolute Gasteiger partial charge is 0.268 e. The normalized spacial score (nSPS) is 12.1. The van der Waals surface area contributed by atoms with Crippen molar-refractivity contribution in [2.75, 3.05) is 14.2 Å². The summed E-state index contributed by atoms with van der Waals surface area (Å²) in [6.07, 6.45) is 1.59. The number of carbonyl (C=O) groups is 2. The SMILES string of the molecule is COc1ccc(/C=C(/NC(C)=O)C(=O)NC(C)c2ccccc2)cc1OC. The largest absolute Gasteiger partial charge is 0.493 e. The van der Waals surface area contributed by atoms with Crippen LogP contribution >= 0.6 is 0 Å². The Bertz CT molecular complexity index is 831. The minimum absolute atomic E-state index is 0.150. The fourth-order valence-electron chi connectivity index (χ4n) is 2.56. The van der Waals surface area contributed by atoms with Crippen LogP contribution in [0.4, 0.5) is 0 Å². The lowest BCUT2D eigenvalue weighted by Crippen LogP contribution is -2.35. The molecule has 2 rings (SSSR count). The molecule has 0 aromatic heterocycles. The first kappa shape index (κ1) is 20.0. The van der Waals surface area contributed by atoms with Gasteiger partial charge in [0.1, 0.15) is 5.70 Å². The van der Waals surface area contributed by atoms with Crippen LogP contribution in [0.3, 0.4) is 0 Å². The molecule has 0 aliphatic carbocycles. The molecule has 2 amide bonds. The van der Waals surface area contributed by atoms with E-state index >= 15 is 0 Å². The molecule has 2 N–H and O–H groups in total. The standard InChI is InChI=1S/C21H24N2O4/c1-14(17-8-6-5-7-9-17)22-21(25)18(23-15(2)24)12-16-10-11-19(26-3)20(13-16)27-4/h5-14H,1-4H3,(H,22,25)(H,23,24)/b18-12+. The zero-order valence-electron chi connectivity index (χ0n) is 15.9. The molecule has 2 aromatic rings. The van der Waals surface area contributed by atoms with E-state index in [1.807, 2.05) is 37.3 Å². The van der Waals surface area contributed by atoms with Gasteiger partial charge in [0.15, 0.2) is 11.5 Å². The average Bonchev–Trinajstić information content (AvgIpc) is 2.67. The predicted octanol–water partition coefficient (Wildman–Crippen LogP) is 3.06. The van der Waals surface area contributed by atoms with Gasteiger partial charge in [-0.25, -0.2) is 0 Å². The van der Waals surface area contributed by atoms with Gasteiger partial charge in [-0.1, -0.05) is 36.4 Å². The zero-order valence-corrected chi connectivity index (χ0v) is 15.9. The van der Waals surface area contributed by atoms with Crippen LogP contribution in [0.2, 0.25) is 0 Å². The van der Waals surface area contributed by atoms with E-state index in [0.29, 0.717) is 17.1 Å². The molecule has 0 heterocycles. The first-order valence-electron chi connectivity index (χ1n) is 8.51. The molecule has 142 valence electrons. The predicted molar refractivity (Wildman–Crippen MR) is 104 cm³/mol. The highest BCUT2D eigenvalue weighted by Gasteiger charge is 2.15. The van der Waals surface area contributed by atoms with E-state index < -0.39 is 0 Å². The van der Waals surface area contributed by atoms with Crippen molar-refractivity contribution in [3.63, 3.8) is 0 Å². The van der Waals surface area contributed by atoms with Crippen LogP contribution < -0.4 is 20.1 Å². The molecule has 0 aliphatic heterocycles. The van der Waals surface area contributed by atoms with E-state index in [4.69, 9.17) is 9.47 Å². The summed E-state index contributed by atoms with van der Waals surface area (Å²) in [5, 5.41) is 5.48. The monoisotopic (exact) mass is 368 g/mol. The lowest BCUT2D eigenvalue weighted by molar-refractivity contribution is -0.122. The summed E-state index contributed by atoms with van der Waals surface area (Å²) < 4.78 is 10.5. The molecule has 0 fully saturated rings. The molecule has 6 heteroatoms. The summed E-state index contributed by atoms with van der Waals surface area (Å²) in [5.41, 5.74) is 1.82. The van der Waals surface area contributed by atoms with Crippen LogP contribution in [0.15, 0.2) is 54.2 Å². The minimum atomic E-state index is -0.378. The van der Waals surface area contributed by atoms with E-state index in [1.54, 1.807) is 31.4 Å². The second kappa shape index (κ2) is 9.43. The highest BCUT2D eigenvalue weighted by Crippen LogP contribution is 2.28. The first-order chi connectivity index (χ1) is 12.9. The molecular formula is C21H24N2O4. The maximum atomic E-state index is 12.7. The number of hydrogen-bond acceptors (Lipinski definition) is 4. The average molecular weight is 368 g/mol. The first-order valence-corrected chi connectivity index (χ1v) is 8.51. The Morgan fingerprint density at radius 2 is 1.67 bits per heavy atom. The van der Waals surface area contributed by atoms with Crippen molar-refractivity contribution in [1.29, 1.82) is 0 Å². The summed E-state index contributed by atoms with van der Waals surface area (Å²) in [4.78, 5) is 24.2. The van der Waals surface area contributed by atoms with Gasteiger partial charge < -0.3 is 20.1 Å². The second-order valence-electron chi connectivity index (χ2n) is 5.96. The Balaban J connectivity index is 2.27. The molecule has 0 radical (unpaired) electrons. The number of hydrogen-bond donors (Lipinski definition) is 2. The van der Waals surface area contributed by atoms with Gasteiger partial charge in [0.05, 0.1) is 20.3 Å². The fraction of sp³-hybridized carbons (Fsp3) is 0.238. The number of ether oxygens (including phenoxy) is 2. The number of carbonyl (C=O) groups excluding carboxylic acids is 2. The lowest BCUT2D eigenvalue weighted by atomic mass is 10.1. The van der Waals surface area contributed by atoms with Gasteiger partial charge in [0, 0.05) is 6.92 Å². The molecular weight excluding hydrogens is 344 g/mol. The van der Waals surface area contributed by atoms with E-state index in [0.717, 1.165) is 5.56 Å². The van der Waals surface area contributed by atoms with Crippen molar-refractivity contribution in [1.82, 2.24) is 10.6 Å². The quantitative estimate of drug-likeness (QED) is 0.737. The van der Waals surface area contributed by atoms with Crippen LogP contribution in [-0.4, -0.2) is 26.0 Å². The highest BCUT2D eigenvalue weighted by atomic mass is 16.5. The number of rotatable bonds is 7. The summed E-state index contributed by atoms with van der Waals surface area (Å²) in [7, 11) is 3.09. The third kappa shape index (κ3) is 5.60. The molecule has 0 spiro atoms. The second-order valence-corrected chi connectivity index (χ2v) is 5.96. The van der Waals surface area contributed by atoms with E-state index in [2.05, 4.69) is 10.6 Å². The Morgan fingerprint density at radius 3 is 2.26 bits per heavy atom. The highest BCUT2D eigenvalue weighted by molar-refractivity contribution is 6.01. The zero-order chi connectivity index (χ0) is 19.8. The van der Waals surface area contributed by atoms with Gasteiger partial charge in [0.25, 0.3) is 5.91 Å². The summed E-state index contributed by atoms with van der Waals surface area (Å²) in [5.74, 6) is 0.407. The van der Waals surface area contributed by atoms with Gasteiger partial charge in [-0.2, -0.15) is 0 Å². The topological polar surface area (TPSA) is 76.7 Å². The van der Waals surface area contributed by atoms with Crippen LogP contribution in [0, 0.1) is 0 Å². The third-order valence-corrected chi connectivity index (χ3v) is 3.92. The van der Waals surface area contributed by atoms with Gasteiger partial charge >= 0.3 is 0 Å². The third-order valence-electron chi connectivity index (χ3n) is 3.92. The molecule has 0 saturated heterocycles. The Hall–Kier alpha value is -3.28. The van der Waals surface area contributed by atoms with Crippen molar-refractivity contribution in [3.8, 4) is 11.5 Å². The van der Waals surface area contributed by atoms with Crippen molar-refractivity contribution in [3.05, 3.63) is 65.4 Å². The van der Waals surface area contributed by atoms with Gasteiger partial charge in [-0.3, -0.25) is 9.59 Å². The van der Waals surface area contributed by atoms with Crippen molar-refractivity contribution in [2.45, 2.75) is 19.9 Å². The lowest BCUT2D eigenvalue weighted by Gasteiger charge is -2.16. The molecule has 2 aromatic carbocycles. The van der Waals surface area contributed by atoms with Crippen LogP contribution in [0.1, 0.15) is 31.0 Å². The summed E-state index contributed by atoms with van der Waals surface area (Å²) >= 11 is 0. The van der Waals surface area contributed by atoms with Crippen molar-refractivity contribution in [2.24, 2.45) is 0 Å². The number of methoxy groups -OCH3 is 2. The molecule has 0 bridgehead atoms. The van der Waals surface area contributed by atoms with Gasteiger partial charge in [-0.05, 0) is 36.3 Å². The van der Waals surface area contributed by atoms with Crippen molar-refractivity contribution >= 4 is 17.9 Å². The van der Waals surface area contributed by atoms with Crippen molar-refractivity contribution < 1.29 is 19.1 Å². The molecule has 1 atom stereocenters. The van der Waals surface area contributed by atoms with E-state index in [-0.39, 0.29) is 23.6 Å². The molecule has 0 saturated carbocycles. The summed E-state index contributed by atoms with van der Waals surface area (Å²) in [6, 6.07) is 14.6. The fourth-order valence-corrected chi connectivity index (χ4v) is 2.56. The molecule has 0 aliphatic rings. The Morgan fingerprint density at radius 1 is 1.00 bits per heavy atom. The van der Waals surface area contributed by atoms with E-state index in [1.165, 1.54) is 14.0 Å². The Kier molecular flexibility index (Phi) is 7.00. The summed E-state index contributed by atoms with van der Waals surface area (Å²) in [6.45, 7) is 3.24. The van der Waals surface area contributed by atoms with Crippen LogP contribution in [0.5, 0.6) is 11.5 Å².